The van der Waals surface area contributed by atoms with Gasteiger partial charge in [-0.25, -0.2) is 9.42 Å². The summed E-state index contributed by atoms with van der Waals surface area (Å²) < 4.78 is 7.62. The molecule has 0 spiro atoms. The molecule has 10 nitrogen and oxygen atoms in total. The second kappa shape index (κ2) is 6.77. The summed E-state index contributed by atoms with van der Waals surface area (Å²) in [5.41, 5.74) is 8.20. The Bertz CT molecular complexity index is 969. The molecule has 2 heterocycles. The van der Waals surface area contributed by atoms with E-state index >= 15 is 0 Å². The van der Waals surface area contributed by atoms with Gasteiger partial charge in [0.25, 0.3) is 5.91 Å². The number of imidazole rings is 1. The third-order valence-corrected chi connectivity index (χ3v) is 3.98. The fourth-order valence-electron chi connectivity index (χ4n) is 2.60. The van der Waals surface area contributed by atoms with Crippen molar-refractivity contribution in [2.45, 2.75) is 6.54 Å². The van der Waals surface area contributed by atoms with Gasteiger partial charge in [0.1, 0.15) is 0 Å². The number of amides is 1. The Kier molecular flexibility index (Phi) is 4.52. The van der Waals surface area contributed by atoms with Crippen LogP contribution in [0.5, 0.6) is 0 Å². The number of nitrogen functional groups attached to an aromatic ring is 1. The van der Waals surface area contributed by atoms with E-state index in [2.05, 4.69) is 25.6 Å². The highest BCUT2D eigenvalue weighted by Crippen LogP contribution is 2.13. The summed E-state index contributed by atoms with van der Waals surface area (Å²) in [7, 11) is 3.50. The molecule has 0 aliphatic rings. The minimum atomic E-state index is -0.429. The van der Waals surface area contributed by atoms with Gasteiger partial charge < -0.3 is 16.4 Å². The molecule has 0 unspecified atom stereocenters. The van der Waals surface area contributed by atoms with Gasteiger partial charge in [-0.2, -0.15) is 0 Å². The maximum Gasteiger partial charge on any atom is 0.328 e. The lowest BCUT2D eigenvalue weighted by atomic mass is 10.2. The standard InChI is InChI=1S/C15H19N7O3/c1-21-10-4-3-9(7-11(10)22(2)15(21)24)8-17-5-6-18-14(23)12-13(16)20-25-19-12/h3-4,7,17H,5-6,8H2,1-2H3,(H2,16,20)(H,18,23). The van der Waals surface area contributed by atoms with Crippen LogP contribution in [0.2, 0.25) is 0 Å². The van der Waals surface area contributed by atoms with Gasteiger partial charge in [0.05, 0.1) is 11.0 Å². The van der Waals surface area contributed by atoms with E-state index in [1.54, 1.807) is 23.2 Å². The summed E-state index contributed by atoms with van der Waals surface area (Å²) in [6.45, 7) is 1.57. The molecule has 25 heavy (non-hydrogen) atoms. The normalized spacial score (nSPS) is 11.1. The predicted octanol–water partition coefficient (Wildman–Crippen LogP) is -0.638. The molecule has 0 radical (unpaired) electrons. The molecule has 0 saturated carbocycles. The molecular weight excluding hydrogens is 326 g/mol. The Hall–Kier alpha value is -3.14. The summed E-state index contributed by atoms with van der Waals surface area (Å²) in [6.07, 6.45) is 0. The van der Waals surface area contributed by atoms with E-state index in [1.807, 2.05) is 18.2 Å². The molecule has 0 saturated heterocycles. The van der Waals surface area contributed by atoms with Crippen LogP contribution in [0.15, 0.2) is 27.6 Å². The number of nitrogens with two attached hydrogens (primary N) is 1. The number of hydrogen-bond acceptors (Lipinski definition) is 7. The summed E-state index contributed by atoms with van der Waals surface area (Å²) in [4.78, 5) is 23.7. The highest BCUT2D eigenvalue weighted by molar-refractivity contribution is 5.95. The molecule has 10 heteroatoms. The average Bonchev–Trinajstić information content (AvgIpc) is 3.12. The van der Waals surface area contributed by atoms with Crippen LogP contribution in [0.1, 0.15) is 16.1 Å². The molecule has 4 N–H and O–H groups in total. The number of nitrogens with one attached hydrogen (secondary N) is 2. The lowest BCUT2D eigenvalue weighted by Gasteiger charge is -2.07. The van der Waals surface area contributed by atoms with Crippen molar-refractivity contribution in [3.05, 3.63) is 39.9 Å². The van der Waals surface area contributed by atoms with Gasteiger partial charge in [0, 0.05) is 33.7 Å². The maximum atomic E-state index is 11.9. The molecule has 132 valence electrons. The largest absolute Gasteiger partial charge is 0.379 e. The summed E-state index contributed by atoms with van der Waals surface area (Å²) >= 11 is 0. The van der Waals surface area contributed by atoms with Crippen molar-refractivity contribution in [1.82, 2.24) is 30.1 Å². The molecule has 0 aliphatic heterocycles. The Balaban J connectivity index is 1.52. The molecule has 1 amide bonds. The van der Waals surface area contributed by atoms with E-state index in [1.165, 1.54) is 0 Å². The zero-order valence-corrected chi connectivity index (χ0v) is 13.9. The number of anilines is 1. The SMILES string of the molecule is Cn1c(=O)n(C)c2cc(CNCCNC(=O)c3nonc3N)ccc21. The lowest BCUT2D eigenvalue weighted by Crippen LogP contribution is -2.32. The van der Waals surface area contributed by atoms with Crippen LogP contribution in [-0.2, 0) is 20.6 Å². The van der Waals surface area contributed by atoms with E-state index in [-0.39, 0.29) is 17.2 Å². The third kappa shape index (κ3) is 3.24. The van der Waals surface area contributed by atoms with Crippen molar-refractivity contribution < 1.29 is 9.42 Å². The first kappa shape index (κ1) is 16.7. The number of benzene rings is 1. The second-order valence-electron chi connectivity index (χ2n) is 5.65. The molecule has 0 bridgehead atoms. The van der Waals surface area contributed by atoms with Crippen LogP contribution >= 0.6 is 0 Å². The zero-order valence-electron chi connectivity index (χ0n) is 13.9. The van der Waals surface area contributed by atoms with E-state index in [4.69, 9.17) is 5.73 Å². The predicted molar refractivity (Wildman–Crippen MR) is 90.9 cm³/mol. The first-order valence-electron chi connectivity index (χ1n) is 7.70. The number of hydrogen-bond donors (Lipinski definition) is 3. The monoisotopic (exact) mass is 345 g/mol. The number of nitrogens with zero attached hydrogens (tertiary/aromatic N) is 4. The van der Waals surface area contributed by atoms with Gasteiger partial charge in [0.2, 0.25) is 11.5 Å². The van der Waals surface area contributed by atoms with Crippen molar-refractivity contribution in [2.75, 3.05) is 18.8 Å². The van der Waals surface area contributed by atoms with Gasteiger partial charge in [-0.1, -0.05) is 6.07 Å². The highest BCUT2D eigenvalue weighted by atomic mass is 16.6. The second-order valence-corrected chi connectivity index (χ2v) is 5.65. The van der Waals surface area contributed by atoms with Gasteiger partial charge in [-0.15, -0.1) is 0 Å². The fraction of sp³-hybridized carbons (Fsp3) is 0.333. The van der Waals surface area contributed by atoms with Gasteiger partial charge in [-0.3, -0.25) is 13.9 Å². The van der Waals surface area contributed by atoms with Crippen molar-refractivity contribution >= 4 is 22.8 Å². The number of aromatic nitrogens is 4. The highest BCUT2D eigenvalue weighted by Gasteiger charge is 2.14. The Morgan fingerprint density at radius 2 is 1.96 bits per heavy atom. The minimum absolute atomic E-state index is 0.0181. The minimum Gasteiger partial charge on any atom is -0.379 e. The Morgan fingerprint density at radius 3 is 2.68 bits per heavy atom. The number of fused-ring (bicyclic) bond motifs is 1. The lowest BCUT2D eigenvalue weighted by molar-refractivity contribution is 0.0944. The van der Waals surface area contributed by atoms with E-state index in [0.717, 1.165) is 16.6 Å². The summed E-state index contributed by atoms with van der Waals surface area (Å²) in [5.74, 6) is -0.464. The fourth-order valence-corrected chi connectivity index (χ4v) is 2.60. The van der Waals surface area contributed by atoms with Crippen molar-refractivity contribution in [3.63, 3.8) is 0 Å². The van der Waals surface area contributed by atoms with Crippen LogP contribution in [0.25, 0.3) is 11.0 Å². The van der Waals surface area contributed by atoms with E-state index in [9.17, 15) is 9.59 Å². The number of rotatable bonds is 6. The van der Waals surface area contributed by atoms with Gasteiger partial charge in [0.15, 0.2) is 0 Å². The van der Waals surface area contributed by atoms with Gasteiger partial charge >= 0.3 is 5.69 Å². The van der Waals surface area contributed by atoms with Crippen molar-refractivity contribution in [3.8, 4) is 0 Å². The molecule has 0 atom stereocenters. The maximum absolute atomic E-state index is 11.9. The topological polar surface area (TPSA) is 133 Å². The van der Waals surface area contributed by atoms with Crippen LogP contribution in [0.4, 0.5) is 5.82 Å². The first-order chi connectivity index (χ1) is 12.0. The number of carbonyl (C=O) groups is 1. The average molecular weight is 345 g/mol. The number of aryl methyl sites for hydroxylation is 2. The van der Waals surface area contributed by atoms with E-state index in [0.29, 0.717) is 19.6 Å². The molecule has 1 aromatic carbocycles. The first-order valence-corrected chi connectivity index (χ1v) is 7.70. The molecule has 0 aliphatic carbocycles. The third-order valence-electron chi connectivity index (χ3n) is 3.98. The summed E-state index contributed by atoms with van der Waals surface area (Å²) in [6, 6.07) is 5.87. The quantitative estimate of drug-likeness (QED) is 0.506. The molecule has 2 aromatic heterocycles. The summed E-state index contributed by atoms with van der Waals surface area (Å²) in [5, 5.41) is 12.7. The Morgan fingerprint density at radius 1 is 1.20 bits per heavy atom. The Labute approximate surface area is 142 Å². The molecule has 3 rings (SSSR count). The van der Waals surface area contributed by atoms with Crippen molar-refractivity contribution in [2.24, 2.45) is 14.1 Å². The van der Waals surface area contributed by atoms with Crippen LogP contribution in [-0.4, -0.2) is 38.4 Å². The van der Waals surface area contributed by atoms with Crippen LogP contribution in [0, 0.1) is 0 Å². The van der Waals surface area contributed by atoms with E-state index < -0.39 is 5.91 Å². The van der Waals surface area contributed by atoms with Gasteiger partial charge in [-0.05, 0) is 28.0 Å². The molecule has 0 fully saturated rings. The zero-order chi connectivity index (χ0) is 18.0. The molecular formula is C15H19N7O3. The van der Waals surface area contributed by atoms with Crippen LogP contribution < -0.4 is 22.1 Å². The van der Waals surface area contributed by atoms with Crippen LogP contribution in [0.3, 0.4) is 0 Å². The van der Waals surface area contributed by atoms with Crippen molar-refractivity contribution in [1.29, 1.82) is 0 Å². The smallest absolute Gasteiger partial charge is 0.328 e. The molecule has 3 aromatic rings. The number of carbonyl (C=O) groups excluding carboxylic acids is 1.